The van der Waals surface area contributed by atoms with Crippen LogP contribution in [0.2, 0.25) is 0 Å². The highest BCUT2D eigenvalue weighted by Crippen LogP contribution is 2.36. The first-order chi connectivity index (χ1) is 10.1. The predicted molar refractivity (Wildman–Crippen MR) is 81.6 cm³/mol. The molecule has 0 amide bonds. The van der Waals surface area contributed by atoms with Gasteiger partial charge in [0.05, 0.1) is 18.3 Å². The first kappa shape index (κ1) is 14.3. The topological polar surface area (TPSA) is 21.3 Å². The van der Waals surface area contributed by atoms with E-state index in [0.717, 1.165) is 34.7 Å². The second kappa shape index (κ2) is 6.02. The average Bonchev–Trinajstić information content (AvgIpc) is 2.64. The summed E-state index contributed by atoms with van der Waals surface area (Å²) in [5.74, 6) is -0.368. The van der Waals surface area contributed by atoms with Crippen molar-refractivity contribution in [3.05, 3.63) is 58.1 Å². The van der Waals surface area contributed by atoms with Crippen molar-refractivity contribution in [2.24, 2.45) is 0 Å². The number of nitrogens with one attached hydrogen (secondary N) is 1. The van der Waals surface area contributed by atoms with E-state index >= 15 is 0 Å². The quantitative estimate of drug-likeness (QED) is 0.815. The lowest BCUT2D eigenvalue weighted by Crippen LogP contribution is -2.11. The Morgan fingerprint density at radius 1 is 1.14 bits per heavy atom. The molecule has 1 aliphatic rings. The number of ether oxygens (including phenoxy) is 1. The number of benzene rings is 2. The largest absolute Gasteiger partial charge is 0.493 e. The van der Waals surface area contributed by atoms with Gasteiger partial charge >= 0.3 is 0 Å². The smallest absolute Gasteiger partial charge is 0.149 e. The minimum atomic E-state index is -0.584. The van der Waals surface area contributed by atoms with Gasteiger partial charge in [0.2, 0.25) is 0 Å². The maximum atomic E-state index is 13.8. The summed E-state index contributed by atoms with van der Waals surface area (Å²) >= 11 is 3.42. The zero-order valence-corrected chi connectivity index (χ0v) is 12.8. The van der Waals surface area contributed by atoms with E-state index in [0.29, 0.717) is 12.3 Å². The van der Waals surface area contributed by atoms with Gasteiger partial charge in [0.1, 0.15) is 17.4 Å². The summed E-state index contributed by atoms with van der Waals surface area (Å²) in [6.07, 6.45) is 1.69. The molecule has 1 atom stereocenters. The lowest BCUT2D eigenvalue weighted by atomic mass is 10.0. The zero-order chi connectivity index (χ0) is 14.8. The van der Waals surface area contributed by atoms with Crippen molar-refractivity contribution in [1.29, 1.82) is 0 Å². The highest BCUT2D eigenvalue weighted by molar-refractivity contribution is 9.10. The molecule has 21 heavy (non-hydrogen) atoms. The van der Waals surface area contributed by atoms with Crippen LogP contribution in [0.3, 0.4) is 0 Å². The molecule has 110 valence electrons. The summed E-state index contributed by atoms with van der Waals surface area (Å²) in [4.78, 5) is 0. The molecule has 1 heterocycles. The third kappa shape index (κ3) is 3.18. The number of halogens is 3. The molecular formula is C16H14BrF2NO. The highest BCUT2D eigenvalue weighted by atomic mass is 79.9. The van der Waals surface area contributed by atoms with Gasteiger partial charge in [-0.05, 0) is 37.1 Å². The minimum Gasteiger partial charge on any atom is -0.493 e. The van der Waals surface area contributed by atoms with Crippen LogP contribution in [-0.2, 0) is 0 Å². The first-order valence-corrected chi connectivity index (χ1v) is 7.56. The van der Waals surface area contributed by atoms with Crippen LogP contribution in [0.5, 0.6) is 5.75 Å². The van der Waals surface area contributed by atoms with E-state index in [1.807, 2.05) is 18.2 Å². The van der Waals surface area contributed by atoms with Crippen molar-refractivity contribution in [2.45, 2.75) is 18.9 Å². The Labute approximate surface area is 130 Å². The van der Waals surface area contributed by atoms with E-state index in [2.05, 4.69) is 21.2 Å². The molecule has 3 rings (SSSR count). The first-order valence-electron chi connectivity index (χ1n) is 6.77. The van der Waals surface area contributed by atoms with Crippen LogP contribution >= 0.6 is 15.9 Å². The fourth-order valence-corrected chi connectivity index (χ4v) is 2.83. The number of rotatable bonds is 2. The summed E-state index contributed by atoms with van der Waals surface area (Å²) in [6.45, 7) is 0.632. The molecular weight excluding hydrogens is 340 g/mol. The molecule has 2 aromatic rings. The number of hydrogen-bond acceptors (Lipinski definition) is 2. The Balaban J connectivity index is 1.92. The summed E-state index contributed by atoms with van der Waals surface area (Å²) in [7, 11) is 0. The van der Waals surface area contributed by atoms with Crippen molar-refractivity contribution < 1.29 is 13.5 Å². The molecule has 0 aliphatic carbocycles. The van der Waals surface area contributed by atoms with Gasteiger partial charge in [-0.2, -0.15) is 0 Å². The van der Waals surface area contributed by atoms with E-state index in [1.165, 1.54) is 12.1 Å². The average molecular weight is 354 g/mol. The van der Waals surface area contributed by atoms with Gasteiger partial charge in [-0.3, -0.25) is 0 Å². The fourth-order valence-electron chi connectivity index (χ4n) is 2.49. The lowest BCUT2D eigenvalue weighted by Gasteiger charge is -2.20. The van der Waals surface area contributed by atoms with Crippen LogP contribution in [0, 0.1) is 11.6 Å². The third-order valence-electron chi connectivity index (χ3n) is 3.51. The summed E-state index contributed by atoms with van der Waals surface area (Å²) in [6, 6.07) is 9.31. The summed E-state index contributed by atoms with van der Waals surface area (Å²) in [5, 5.41) is 3.16. The van der Waals surface area contributed by atoms with E-state index in [-0.39, 0.29) is 6.04 Å². The maximum Gasteiger partial charge on any atom is 0.149 e. The molecule has 2 nitrogen and oxygen atoms in total. The minimum absolute atomic E-state index is 0.0597. The van der Waals surface area contributed by atoms with Crippen LogP contribution in [0.4, 0.5) is 14.5 Å². The Morgan fingerprint density at radius 2 is 2.00 bits per heavy atom. The fraction of sp³-hybridized carbons (Fsp3) is 0.250. The monoisotopic (exact) mass is 353 g/mol. The normalized spacial score (nSPS) is 17.6. The van der Waals surface area contributed by atoms with E-state index in [9.17, 15) is 8.78 Å². The second-order valence-electron chi connectivity index (χ2n) is 4.99. The van der Waals surface area contributed by atoms with Crippen LogP contribution in [0.15, 0.2) is 40.9 Å². The van der Waals surface area contributed by atoms with E-state index < -0.39 is 11.6 Å². The van der Waals surface area contributed by atoms with Crippen LogP contribution < -0.4 is 10.1 Å². The molecule has 5 heteroatoms. The second-order valence-corrected chi connectivity index (χ2v) is 5.91. The van der Waals surface area contributed by atoms with Crippen molar-refractivity contribution in [2.75, 3.05) is 11.9 Å². The molecule has 0 aromatic heterocycles. The van der Waals surface area contributed by atoms with Crippen molar-refractivity contribution in [1.82, 2.24) is 0 Å². The molecule has 0 radical (unpaired) electrons. The number of anilines is 1. The Morgan fingerprint density at radius 3 is 2.81 bits per heavy atom. The van der Waals surface area contributed by atoms with Gasteiger partial charge in [0.15, 0.2) is 0 Å². The maximum absolute atomic E-state index is 13.8. The number of fused-ring (bicyclic) bond motifs is 1. The molecule has 0 saturated heterocycles. The molecule has 0 bridgehead atoms. The molecule has 1 aliphatic heterocycles. The van der Waals surface area contributed by atoms with Crippen molar-refractivity contribution >= 4 is 21.6 Å². The third-order valence-corrected chi connectivity index (χ3v) is 4.00. The van der Waals surface area contributed by atoms with Crippen LogP contribution in [-0.4, -0.2) is 6.61 Å². The van der Waals surface area contributed by atoms with Crippen molar-refractivity contribution in [3.63, 3.8) is 0 Å². The molecule has 1 N–H and O–H groups in total. The van der Waals surface area contributed by atoms with E-state index in [1.54, 1.807) is 0 Å². The van der Waals surface area contributed by atoms with Crippen molar-refractivity contribution in [3.8, 4) is 5.75 Å². The summed E-state index contributed by atoms with van der Waals surface area (Å²) in [5.41, 5.74) is 1.29. The summed E-state index contributed by atoms with van der Waals surface area (Å²) < 4.78 is 33.4. The van der Waals surface area contributed by atoms with Crippen LogP contribution in [0.25, 0.3) is 0 Å². The molecule has 0 fully saturated rings. The molecule has 2 aromatic carbocycles. The zero-order valence-electron chi connectivity index (χ0n) is 11.2. The van der Waals surface area contributed by atoms with E-state index in [4.69, 9.17) is 4.74 Å². The number of hydrogen-bond donors (Lipinski definition) is 1. The standard InChI is InChI=1S/C16H14BrF2NO/c17-10-3-5-12-14(2-1-7-21-16(12)8-10)20-15-6-4-11(18)9-13(15)19/h3-6,8-9,14,20H,1-2,7H2. The Kier molecular flexibility index (Phi) is 4.10. The SMILES string of the molecule is Fc1ccc(NC2CCCOc3cc(Br)ccc32)c(F)c1. The highest BCUT2D eigenvalue weighted by Gasteiger charge is 2.21. The van der Waals surface area contributed by atoms with Gasteiger partial charge in [-0.1, -0.05) is 22.0 Å². The van der Waals surface area contributed by atoms with Gasteiger partial charge in [0, 0.05) is 16.1 Å². The Bertz CT molecular complexity index is 663. The van der Waals surface area contributed by atoms with Gasteiger partial charge in [-0.15, -0.1) is 0 Å². The van der Waals surface area contributed by atoms with Gasteiger partial charge in [-0.25, -0.2) is 8.78 Å². The van der Waals surface area contributed by atoms with Gasteiger partial charge in [0.25, 0.3) is 0 Å². The lowest BCUT2D eigenvalue weighted by molar-refractivity contribution is 0.316. The molecule has 1 unspecified atom stereocenters. The van der Waals surface area contributed by atoms with Crippen LogP contribution in [0.1, 0.15) is 24.4 Å². The van der Waals surface area contributed by atoms with Gasteiger partial charge < -0.3 is 10.1 Å². The molecule has 0 spiro atoms. The molecule has 0 saturated carbocycles. The Hall–Kier alpha value is -1.62. The predicted octanol–water partition coefficient (Wildman–Crippen LogP) is 5.05.